The van der Waals surface area contributed by atoms with Crippen molar-refractivity contribution < 1.29 is 55.0 Å². The highest BCUT2D eigenvalue weighted by atomic mass is 19.4. The van der Waals surface area contributed by atoms with Gasteiger partial charge in [-0.05, 0) is 72.6 Å². The van der Waals surface area contributed by atoms with E-state index in [1.165, 1.54) is 9.80 Å². The second-order valence-corrected chi connectivity index (χ2v) is 14.9. The molecule has 0 aliphatic carbocycles. The lowest BCUT2D eigenvalue weighted by atomic mass is 9.94. The Morgan fingerprint density at radius 3 is 2.16 bits per heavy atom. The van der Waals surface area contributed by atoms with Crippen molar-refractivity contribution in [1.29, 1.82) is 0 Å². The van der Waals surface area contributed by atoms with Crippen LogP contribution >= 0.6 is 0 Å². The van der Waals surface area contributed by atoms with Gasteiger partial charge in [0, 0.05) is 36.6 Å². The zero-order valence-electron chi connectivity index (χ0n) is 31.2. The molecule has 57 heavy (non-hydrogen) atoms. The summed E-state index contributed by atoms with van der Waals surface area (Å²) in [5.41, 5.74) is -2.87. The first-order valence-corrected chi connectivity index (χ1v) is 18.6. The Morgan fingerprint density at radius 2 is 1.49 bits per heavy atom. The Morgan fingerprint density at radius 1 is 0.842 bits per heavy atom. The lowest BCUT2D eigenvalue weighted by Gasteiger charge is -2.35. The summed E-state index contributed by atoms with van der Waals surface area (Å²) in [5.74, 6) is -2.39. The average molecular weight is 801 g/mol. The van der Waals surface area contributed by atoms with Gasteiger partial charge in [-0.15, -0.1) is 0 Å². The Hall–Kier alpha value is -5.54. The number of carbonyl (C=O) groups is 4. The summed E-state index contributed by atoms with van der Waals surface area (Å²) in [6.45, 7) is 3.16. The molecule has 10 nitrogen and oxygen atoms in total. The number of amides is 3. The molecule has 3 aromatic carbocycles. The number of nitrogens with zero attached hydrogens (tertiary/aromatic N) is 2. The molecule has 0 saturated carbocycles. The first-order valence-electron chi connectivity index (χ1n) is 18.6. The number of rotatable bonds is 12. The number of carbonyl (C=O) groups excluding carboxylic acids is 4. The molecule has 2 fully saturated rings. The van der Waals surface area contributed by atoms with Crippen LogP contribution < -0.4 is 5.32 Å². The van der Waals surface area contributed by atoms with E-state index in [9.17, 15) is 45.5 Å². The molecule has 1 aromatic heterocycles. The van der Waals surface area contributed by atoms with Crippen LogP contribution in [0.4, 0.5) is 31.1 Å². The van der Waals surface area contributed by atoms with Gasteiger partial charge in [0.1, 0.15) is 30.8 Å². The molecule has 3 amide bonds. The molecule has 0 radical (unpaired) electrons. The first kappa shape index (κ1) is 41.1. The second kappa shape index (κ2) is 16.5. The van der Waals surface area contributed by atoms with Crippen molar-refractivity contribution in [1.82, 2.24) is 20.1 Å². The van der Waals surface area contributed by atoms with E-state index in [0.29, 0.717) is 41.4 Å². The predicted molar refractivity (Wildman–Crippen MR) is 195 cm³/mol. The number of H-pyrrole nitrogens is 1. The average Bonchev–Trinajstić information content (AvgIpc) is 3.88. The normalized spacial score (nSPS) is 18.4. The second-order valence-electron chi connectivity index (χ2n) is 14.9. The van der Waals surface area contributed by atoms with E-state index in [4.69, 9.17) is 9.47 Å². The molecule has 304 valence electrons. The lowest BCUT2D eigenvalue weighted by molar-refractivity contribution is -0.150. The summed E-state index contributed by atoms with van der Waals surface area (Å²) in [4.78, 5) is 61.7. The van der Waals surface area contributed by atoms with Gasteiger partial charge >= 0.3 is 24.4 Å². The van der Waals surface area contributed by atoms with E-state index < -0.39 is 77.1 Å². The van der Waals surface area contributed by atoms with Crippen molar-refractivity contribution in [3.05, 3.63) is 107 Å². The smallest absolute Gasteiger partial charge is 0.416 e. The number of hydrogen-bond donors (Lipinski definition) is 2. The summed E-state index contributed by atoms with van der Waals surface area (Å²) in [6.07, 6.45) is -8.11. The molecular formula is C41H42F6N4O6. The van der Waals surface area contributed by atoms with Gasteiger partial charge in [-0.3, -0.25) is 14.5 Å². The summed E-state index contributed by atoms with van der Waals surface area (Å²) in [7, 11) is 0. The van der Waals surface area contributed by atoms with Crippen LogP contribution in [-0.4, -0.2) is 69.4 Å². The quantitative estimate of drug-likeness (QED) is 0.112. The number of alkyl halides is 6. The highest BCUT2D eigenvalue weighted by molar-refractivity contribution is 5.97. The SMILES string of the molecule is CC(C)C[C@@H](C(=O)N[C@@H](Cc1c[nH]c2ccccc12)C(=O)OCc1cc(C(F)(F)F)cc(C(F)(F)F)c1)N1CC[C@@]2(CCCN2C(=O)OCc2ccccc2)C1=O. The van der Waals surface area contributed by atoms with Gasteiger partial charge in [0.05, 0.1) is 11.1 Å². The van der Waals surface area contributed by atoms with Crippen LogP contribution in [0, 0.1) is 5.92 Å². The van der Waals surface area contributed by atoms with Crippen molar-refractivity contribution in [3.8, 4) is 0 Å². The number of ether oxygens (including phenoxy) is 2. The minimum absolute atomic E-state index is 0.00765. The summed E-state index contributed by atoms with van der Waals surface area (Å²) in [5, 5.41) is 3.40. The maximum absolute atomic E-state index is 14.4. The molecule has 3 heterocycles. The van der Waals surface area contributed by atoms with Gasteiger partial charge in [0.15, 0.2) is 0 Å². The molecule has 3 atom stereocenters. The molecule has 1 spiro atoms. The zero-order valence-corrected chi connectivity index (χ0v) is 31.2. The molecule has 16 heteroatoms. The molecule has 2 saturated heterocycles. The minimum atomic E-state index is -5.11. The van der Waals surface area contributed by atoms with Crippen molar-refractivity contribution >= 4 is 34.8 Å². The van der Waals surface area contributed by atoms with Crippen LogP contribution in [0.2, 0.25) is 0 Å². The van der Waals surface area contributed by atoms with Gasteiger partial charge in [0.2, 0.25) is 11.8 Å². The number of benzene rings is 3. The maximum Gasteiger partial charge on any atom is 0.416 e. The number of likely N-dealkylation sites (tertiary alicyclic amines) is 2. The molecule has 2 aliphatic heterocycles. The van der Waals surface area contributed by atoms with Gasteiger partial charge in [0.25, 0.3) is 0 Å². The molecule has 4 aromatic rings. The third-order valence-electron chi connectivity index (χ3n) is 10.4. The zero-order chi connectivity index (χ0) is 41.1. The molecule has 0 bridgehead atoms. The standard InChI is InChI=1S/C41H42F6N4O6/c1-25(2)17-34(50-16-14-39(37(50)54)13-8-15-51(39)38(55)57-23-26-9-4-3-5-10-26)35(52)49-33(20-28-22-48-32-12-7-6-11-31(28)32)36(53)56-24-27-18-29(40(42,43)44)21-30(19-27)41(45,46)47/h3-7,9-12,18-19,21-22,25,33-34,48H,8,13-17,20,23-24H2,1-2H3,(H,49,52)/t33-,34-,39-/m0/s1. The van der Waals surface area contributed by atoms with Crippen molar-refractivity contribution in [2.75, 3.05) is 13.1 Å². The third kappa shape index (κ3) is 9.21. The Balaban J connectivity index is 1.23. The fourth-order valence-corrected chi connectivity index (χ4v) is 7.66. The van der Waals surface area contributed by atoms with Gasteiger partial charge in [-0.2, -0.15) is 26.3 Å². The molecular weight excluding hydrogens is 758 g/mol. The van der Waals surface area contributed by atoms with Crippen LogP contribution in [0.15, 0.2) is 79.0 Å². The number of halogens is 6. The van der Waals surface area contributed by atoms with E-state index in [0.717, 1.165) is 5.56 Å². The molecule has 6 rings (SSSR count). The Kier molecular flexibility index (Phi) is 11.9. The van der Waals surface area contributed by atoms with E-state index in [1.807, 2.05) is 32.0 Å². The van der Waals surface area contributed by atoms with E-state index in [-0.39, 0.29) is 50.9 Å². The Labute approximate surface area is 324 Å². The first-order chi connectivity index (χ1) is 27.0. The van der Waals surface area contributed by atoms with Crippen LogP contribution in [-0.2, 0) is 55.8 Å². The number of para-hydroxylation sites is 1. The molecule has 2 N–H and O–H groups in total. The fraction of sp³-hybridized carbons (Fsp3) is 0.415. The molecule has 0 unspecified atom stereocenters. The van der Waals surface area contributed by atoms with Crippen molar-refractivity contribution in [2.24, 2.45) is 5.92 Å². The highest BCUT2D eigenvalue weighted by Crippen LogP contribution is 2.41. The van der Waals surface area contributed by atoms with E-state index >= 15 is 0 Å². The van der Waals surface area contributed by atoms with Crippen LogP contribution in [0.5, 0.6) is 0 Å². The number of esters is 1. The van der Waals surface area contributed by atoms with Gasteiger partial charge in [-0.25, -0.2) is 9.59 Å². The third-order valence-corrected chi connectivity index (χ3v) is 10.4. The fourth-order valence-electron chi connectivity index (χ4n) is 7.66. The van der Waals surface area contributed by atoms with Crippen LogP contribution in [0.3, 0.4) is 0 Å². The largest absolute Gasteiger partial charge is 0.459 e. The maximum atomic E-state index is 14.4. The van der Waals surface area contributed by atoms with Gasteiger partial charge < -0.3 is 24.7 Å². The van der Waals surface area contributed by atoms with Crippen LogP contribution in [0.25, 0.3) is 10.9 Å². The summed E-state index contributed by atoms with van der Waals surface area (Å²) in [6, 6.07) is 14.5. The van der Waals surface area contributed by atoms with Crippen LogP contribution in [0.1, 0.15) is 67.3 Å². The Bertz CT molecular complexity index is 2070. The number of aromatic nitrogens is 1. The number of hydrogen-bond acceptors (Lipinski definition) is 6. The van der Waals surface area contributed by atoms with E-state index in [1.54, 1.807) is 42.6 Å². The monoisotopic (exact) mass is 800 g/mol. The minimum Gasteiger partial charge on any atom is -0.459 e. The summed E-state index contributed by atoms with van der Waals surface area (Å²) < 4.78 is 92.2. The van der Waals surface area contributed by atoms with Gasteiger partial charge in [-0.1, -0.05) is 62.4 Å². The predicted octanol–water partition coefficient (Wildman–Crippen LogP) is 7.79. The number of aromatic amines is 1. The number of fused-ring (bicyclic) bond motifs is 1. The number of nitrogens with one attached hydrogen (secondary N) is 2. The lowest BCUT2D eigenvalue weighted by Crippen LogP contribution is -2.57. The topological polar surface area (TPSA) is 121 Å². The van der Waals surface area contributed by atoms with Crippen molar-refractivity contribution in [2.45, 2.75) is 89.1 Å². The van der Waals surface area contributed by atoms with E-state index in [2.05, 4.69) is 10.3 Å². The highest BCUT2D eigenvalue weighted by Gasteiger charge is 2.57. The van der Waals surface area contributed by atoms with Crippen molar-refractivity contribution in [3.63, 3.8) is 0 Å². The molecule has 2 aliphatic rings. The summed E-state index contributed by atoms with van der Waals surface area (Å²) >= 11 is 0.